The van der Waals surface area contributed by atoms with Gasteiger partial charge in [-0.3, -0.25) is 10.2 Å². The number of nitrogens with zero attached hydrogens (tertiary/aromatic N) is 1. The molecule has 0 spiro atoms. The number of benzene rings is 1. The Morgan fingerprint density at radius 2 is 2.30 bits per heavy atom. The largest absolute Gasteiger partial charge is 0.468 e. The summed E-state index contributed by atoms with van der Waals surface area (Å²) in [7, 11) is 0. The van der Waals surface area contributed by atoms with Crippen LogP contribution in [0, 0.1) is 0 Å². The van der Waals surface area contributed by atoms with Gasteiger partial charge in [0.1, 0.15) is 12.0 Å². The van der Waals surface area contributed by atoms with Crippen LogP contribution in [0.25, 0.3) is 11.0 Å². The van der Waals surface area contributed by atoms with Crippen LogP contribution in [0.4, 0.5) is 0 Å². The molecule has 0 bridgehead atoms. The Bertz CT molecular complexity index is 717. The van der Waals surface area contributed by atoms with Gasteiger partial charge in [-0.15, -0.1) is 0 Å². The van der Waals surface area contributed by atoms with Gasteiger partial charge < -0.3 is 9.40 Å². The number of amides is 1. The molecular formula is C13H12N4O2S. The van der Waals surface area contributed by atoms with Gasteiger partial charge in [0.15, 0.2) is 5.16 Å². The minimum atomic E-state index is -0.367. The highest BCUT2D eigenvalue weighted by molar-refractivity contribution is 7.98. The zero-order chi connectivity index (χ0) is 13.9. The molecule has 102 valence electrons. The average molecular weight is 288 g/mol. The van der Waals surface area contributed by atoms with Crippen molar-refractivity contribution >= 4 is 28.7 Å². The Hall–Kier alpha value is -2.25. The molecule has 0 aliphatic heterocycles. The van der Waals surface area contributed by atoms with Crippen LogP contribution in [-0.2, 0) is 5.75 Å². The third-order valence-corrected chi connectivity index (χ3v) is 3.66. The highest BCUT2D eigenvalue weighted by Crippen LogP contribution is 2.23. The van der Waals surface area contributed by atoms with Crippen LogP contribution in [0.1, 0.15) is 16.1 Å². The first kappa shape index (κ1) is 12.8. The van der Waals surface area contributed by atoms with E-state index >= 15 is 0 Å². The maximum atomic E-state index is 11.3. The molecule has 0 aliphatic rings. The molecule has 0 saturated heterocycles. The number of hydrogen-bond donors (Lipinski definition) is 3. The summed E-state index contributed by atoms with van der Waals surface area (Å²) in [6.45, 7) is 0. The van der Waals surface area contributed by atoms with Crippen molar-refractivity contribution in [1.82, 2.24) is 15.4 Å². The molecule has 0 aliphatic carbocycles. The Morgan fingerprint density at radius 1 is 1.45 bits per heavy atom. The second kappa shape index (κ2) is 5.40. The maximum absolute atomic E-state index is 11.3. The van der Waals surface area contributed by atoms with Gasteiger partial charge in [0.25, 0.3) is 5.91 Å². The fourth-order valence-corrected chi connectivity index (χ4v) is 2.57. The van der Waals surface area contributed by atoms with Crippen LogP contribution in [0.2, 0.25) is 0 Å². The average Bonchev–Trinajstić information content (AvgIpc) is 3.10. The zero-order valence-corrected chi connectivity index (χ0v) is 11.2. The van der Waals surface area contributed by atoms with E-state index in [1.807, 2.05) is 24.3 Å². The fourth-order valence-electron chi connectivity index (χ4n) is 1.80. The summed E-state index contributed by atoms with van der Waals surface area (Å²) in [5.74, 6) is 5.96. The molecule has 20 heavy (non-hydrogen) atoms. The maximum Gasteiger partial charge on any atom is 0.268 e. The first-order valence-corrected chi connectivity index (χ1v) is 6.91. The molecule has 3 aromatic rings. The Morgan fingerprint density at radius 3 is 3.10 bits per heavy atom. The lowest BCUT2D eigenvalue weighted by atomic mass is 10.3. The van der Waals surface area contributed by atoms with Crippen molar-refractivity contribution in [3.63, 3.8) is 0 Å². The van der Waals surface area contributed by atoms with Crippen LogP contribution in [-0.4, -0.2) is 15.9 Å². The molecule has 0 unspecified atom stereocenters. The van der Waals surface area contributed by atoms with Crippen LogP contribution in [0.15, 0.2) is 46.2 Å². The van der Waals surface area contributed by atoms with Crippen molar-refractivity contribution in [2.75, 3.05) is 0 Å². The summed E-state index contributed by atoms with van der Waals surface area (Å²) in [5.41, 5.74) is 4.40. The minimum Gasteiger partial charge on any atom is -0.468 e. The first-order valence-electron chi connectivity index (χ1n) is 5.92. The molecule has 0 radical (unpaired) electrons. The molecule has 7 heteroatoms. The molecule has 0 saturated carbocycles. The number of para-hydroxylation sites is 2. The summed E-state index contributed by atoms with van der Waals surface area (Å²) in [6, 6.07) is 9.49. The number of H-pyrrole nitrogens is 1. The molecular weight excluding hydrogens is 276 g/mol. The van der Waals surface area contributed by atoms with E-state index < -0.39 is 0 Å². The second-order valence-corrected chi connectivity index (χ2v) is 5.09. The standard InChI is InChI=1S/C13H12N4O2S/c14-17-12(18)8-5-9(19-6-8)7-20-13-15-10-3-1-2-4-11(10)16-13/h1-6H,7,14H2,(H,15,16)(H,17,18). The van der Waals surface area contributed by atoms with Crippen molar-refractivity contribution in [1.29, 1.82) is 0 Å². The summed E-state index contributed by atoms with van der Waals surface area (Å²) in [6.07, 6.45) is 1.39. The fraction of sp³-hybridized carbons (Fsp3) is 0.0769. The topological polar surface area (TPSA) is 96.9 Å². The number of aromatic amines is 1. The van der Waals surface area contributed by atoms with E-state index in [1.165, 1.54) is 18.0 Å². The summed E-state index contributed by atoms with van der Waals surface area (Å²) in [5, 5.41) is 0.812. The summed E-state index contributed by atoms with van der Waals surface area (Å²) in [4.78, 5) is 19.0. The van der Waals surface area contributed by atoms with Crippen molar-refractivity contribution in [2.24, 2.45) is 5.84 Å². The van der Waals surface area contributed by atoms with Crippen LogP contribution < -0.4 is 11.3 Å². The Balaban J connectivity index is 1.69. The van der Waals surface area contributed by atoms with E-state index in [2.05, 4.69) is 15.4 Å². The van der Waals surface area contributed by atoms with Gasteiger partial charge in [-0.2, -0.15) is 0 Å². The SMILES string of the molecule is NNC(=O)c1coc(CSc2nc3ccccc3[nH]2)c1. The quantitative estimate of drug-likeness (QED) is 0.295. The van der Waals surface area contributed by atoms with E-state index in [9.17, 15) is 4.79 Å². The van der Waals surface area contributed by atoms with E-state index in [1.54, 1.807) is 6.07 Å². The van der Waals surface area contributed by atoms with E-state index in [4.69, 9.17) is 10.3 Å². The number of thioether (sulfide) groups is 1. The van der Waals surface area contributed by atoms with Gasteiger partial charge in [0, 0.05) is 0 Å². The monoisotopic (exact) mass is 288 g/mol. The third-order valence-electron chi connectivity index (χ3n) is 2.77. The molecule has 0 fully saturated rings. The van der Waals surface area contributed by atoms with Gasteiger partial charge in [0.2, 0.25) is 0 Å². The number of hydrogen-bond acceptors (Lipinski definition) is 5. The highest BCUT2D eigenvalue weighted by Gasteiger charge is 2.10. The molecule has 3 rings (SSSR count). The molecule has 1 aromatic carbocycles. The van der Waals surface area contributed by atoms with E-state index in [0.29, 0.717) is 17.1 Å². The van der Waals surface area contributed by atoms with Crippen LogP contribution in [0.3, 0.4) is 0 Å². The van der Waals surface area contributed by atoms with Gasteiger partial charge >= 0.3 is 0 Å². The van der Waals surface area contributed by atoms with Crippen molar-refractivity contribution in [3.05, 3.63) is 47.9 Å². The van der Waals surface area contributed by atoms with Crippen LogP contribution >= 0.6 is 11.8 Å². The first-order chi connectivity index (χ1) is 9.76. The smallest absolute Gasteiger partial charge is 0.268 e. The molecule has 0 atom stereocenters. The molecule has 2 aromatic heterocycles. The normalized spacial score (nSPS) is 10.8. The predicted octanol–water partition coefficient (Wildman–Crippen LogP) is 2.05. The molecule has 4 N–H and O–H groups in total. The van der Waals surface area contributed by atoms with Crippen LogP contribution in [0.5, 0.6) is 0 Å². The number of imidazole rings is 1. The van der Waals surface area contributed by atoms with Crippen molar-refractivity contribution in [3.8, 4) is 0 Å². The zero-order valence-electron chi connectivity index (χ0n) is 10.4. The van der Waals surface area contributed by atoms with Crippen molar-refractivity contribution in [2.45, 2.75) is 10.9 Å². The second-order valence-electron chi connectivity index (χ2n) is 4.12. The molecule has 1 amide bonds. The number of furan rings is 1. The number of carbonyl (C=O) groups is 1. The highest BCUT2D eigenvalue weighted by atomic mass is 32.2. The van der Waals surface area contributed by atoms with Gasteiger partial charge in [-0.25, -0.2) is 10.8 Å². The van der Waals surface area contributed by atoms with Gasteiger partial charge in [0.05, 0.1) is 22.3 Å². The number of carbonyl (C=O) groups excluding carboxylic acids is 1. The lowest BCUT2D eigenvalue weighted by molar-refractivity contribution is 0.0953. The Kier molecular flexibility index (Phi) is 3.44. The number of nitrogens with two attached hydrogens (primary N) is 1. The predicted molar refractivity (Wildman–Crippen MR) is 76.0 cm³/mol. The number of rotatable bonds is 4. The lowest BCUT2D eigenvalue weighted by Crippen LogP contribution is -2.29. The minimum absolute atomic E-state index is 0.367. The number of hydrazine groups is 1. The molecule has 2 heterocycles. The van der Waals surface area contributed by atoms with Gasteiger partial charge in [-0.05, 0) is 18.2 Å². The molecule has 6 nitrogen and oxygen atoms in total. The number of nitrogen functional groups attached to an aromatic ring is 1. The van der Waals surface area contributed by atoms with E-state index in [0.717, 1.165) is 16.2 Å². The lowest BCUT2D eigenvalue weighted by Gasteiger charge is -1.93. The Labute approximate surface area is 118 Å². The summed E-state index contributed by atoms with van der Waals surface area (Å²) < 4.78 is 5.30. The van der Waals surface area contributed by atoms with Gasteiger partial charge in [-0.1, -0.05) is 23.9 Å². The summed E-state index contributed by atoms with van der Waals surface area (Å²) >= 11 is 1.51. The van der Waals surface area contributed by atoms with Crippen molar-refractivity contribution < 1.29 is 9.21 Å². The number of nitrogens with one attached hydrogen (secondary N) is 2. The number of aromatic nitrogens is 2. The van der Waals surface area contributed by atoms with E-state index in [-0.39, 0.29) is 5.91 Å². The third kappa shape index (κ3) is 2.54. The number of fused-ring (bicyclic) bond motifs is 1.